The molecular formula is C15H21Br2F. The summed E-state index contributed by atoms with van der Waals surface area (Å²) in [6, 6.07) is 5.25. The Balaban J connectivity index is 2.27. The van der Waals surface area contributed by atoms with E-state index in [1.54, 1.807) is 0 Å². The Morgan fingerprint density at radius 3 is 2.44 bits per heavy atom. The van der Waals surface area contributed by atoms with Crippen LogP contribution in [0.4, 0.5) is 4.39 Å². The van der Waals surface area contributed by atoms with E-state index in [0.717, 1.165) is 12.0 Å². The molecule has 0 bridgehead atoms. The number of rotatable bonds is 8. The van der Waals surface area contributed by atoms with Crippen molar-refractivity contribution in [2.75, 3.05) is 0 Å². The van der Waals surface area contributed by atoms with E-state index >= 15 is 0 Å². The average molecular weight is 380 g/mol. The summed E-state index contributed by atoms with van der Waals surface area (Å²) in [7, 11) is 0. The van der Waals surface area contributed by atoms with E-state index in [-0.39, 0.29) is 5.82 Å². The summed E-state index contributed by atoms with van der Waals surface area (Å²) in [5.74, 6) is -0.196. The molecule has 0 N–H and O–H groups in total. The van der Waals surface area contributed by atoms with Gasteiger partial charge in [-0.3, -0.25) is 0 Å². The van der Waals surface area contributed by atoms with E-state index in [2.05, 4.69) is 38.8 Å². The topological polar surface area (TPSA) is 0 Å². The third-order valence-electron chi connectivity index (χ3n) is 3.12. The fraction of sp³-hybridized carbons (Fsp3) is 0.600. The molecule has 102 valence electrons. The second-order valence-corrected chi connectivity index (χ2v) is 6.66. The molecule has 0 aliphatic rings. The van der Waals surface area contributed by atoms with Crippen LogP contribution in [0.15, 0.2) is 22.7 Å². The maximum atomic E-state index is 13.1. The lowest BCUT2D eigenvalue weighted by Gasteiger charge is -2.10. The summed E-state index contributed by atoms with van der Waals surface area (Å²) < 4.78 is 13.7. The van der Waals surface area contributed by atoms with E-state index in [1.165, 1.54) is 44.6 Å². The van der Waals surface area contributed by atoms with Crippen molar-refractivity contribution in [2.24, 2.45) is 0 Å². The monoisotopic (exact) mass is 378 g/mol. The lowest BCUT2D eigenvalue weighted by atomic mass is 10.0. The van der Waals surface area contributed by atoms with Crippen molar-refractivity contribution in [3.63, 3.8) is 0 Å². The fourth-order valence-corrected chi connectivity index (χ4v) is 2.98. The van der Waals surface area contributed by atoms with E-state index in [1.807, 2.05) is 12.1 Å². The van der Waals surface area contributed by atoms with Crippen LogP contribution in [0.25, 0.3) is 0 Å². The molecule has 0 saturated carbocycles. The lowest BCUT2D eigenvalue weighted by Crippen LogP contribution is -1.92. The number of benzene rings is 1. The Bertz CT molecular complexity index is 352. The summed E-state index contributed by atoms with van der Waals surface area (Å²) in [4.78, 5) is 0.334. The molecule has 3 heteroatoms. The first-order chi connectivity index (χ1) is 8.65. The Kier molecular flexibility index (Phi) is 8.16. The molecule has 0 aliphatic carbocycles. The van der Waals surface area contributed by atoms with E-state index in [9.17, 15) is 4.39 Å². The average Bonchev–Trinajstić information content (AvgIpc) is 2.36. The largest absolute Gasteiger partial charge is 0.206 e. The highest BCUT2D eigenvalue weighted by molar-refractivity contribution is 9.10. The van der Waals surface area contributed by atoms with Crippen LogP contribution in [-0.2, 0) is 0 Å². The van der Waals surface area contributed by atoms with Gasteiger partial charge < -0.3 is 0 Å². The third-order valence-corrected chi connectivity index (χ3v) is 4.71. The van der Waals surface area contributed by atoms with Gasteiger partial charge in [0, 0.05) is 4.83 Å². The minimum absolute atomic E-state index is 0.196. The summed E-state index contributed by atoms with van der Waals surface area (Å²) in [5, 5.41) is 0. The van der Waals surface area contributed by atoms with Crippen LogP contribution in [0.2, 0.25) is 0 Å². The van der Waals surface area contributed by atoms with Crippen LogP contribution in [0.3, 0.4) is 0 Å². The first-order valence-electron chi connectivity index (χ1n) is 6.74. The fourth-order valence-electron chi connectivity index (χ4n) is 1.98. The number of hydrogen-bond donors (Lipinski definition) is 0. The van der Waals surface area contributed by atoms with Crippen LogP contribution < -0.4 is 0 Å². The van der Waals surface area contributed by atoms with Crippen molar-refractivity contribution in [1.82, 2.24) is 0 Å². The summed E-state index contributed by atoms with van der Waals surface area (Å²) >= 11 is 6.91. The Morgan fingerprint density at radius 2 is 1.78 bits per heavy atom. The van der Waals surface area contributed by atoms with Crippen molar-refractivity contribution in [3.05, 3.63) is 34.1 Å². The van der Waals surface area contributed by atoms with Gasteiger partial charge in [-0.2, -0.15) is 0 Å². The second kappa shape index (κ2) is 9.08. The number of hydrogen-bond acceptors (Lipinski definition) is 0. The first kappa shape index (κ1) is 16.2. The van der Waals surface area contributed by atoms with Gasteiger partial charge in [-0.25, -0.2) is 4.39 Å². The van der Waals surface area contributed by atoms with Crippen molar-refractivity contribution < 1.29 is 4.39 Å². The maximum absolute atomic E-state index is 13.1. The van der Waals surface area contributed by atoms with Crippen molar-refractivity contribution in [3.8, 4) is 0 Å². The molecule has 1 aromatic carbocycles. The zero-order valence-corrected chi connectivity index (χ0v) is 14.1. The maximum Gasteiger partial charge on any atom is 0.137 e. The molecule has 1 rings (SSSR count). The molecule has 0 amide bonds. The number of alkyl halides is 1. The standard InChI is InChI=1S/C15H21Br2F/c1-2-3-4-5-6-7-8-13(16)12-9-10-15(18)14(17)11-12/h9-11,13H,2-8H2,1H3. The predicted molar refractivity (Wildman–Crippen MR) is 83.8 cm³/mol. The molecule has 0 aromatic heterocycles. The Labute approximate surface area is 127 Å². The van der Waals surface area contributed by atoms with Crippen LogP contribution in [-0.4, -0.2) is 0 Å². The zero-order chi connectivity index (χ0) is 13.4. The molecule has 0 spiro atoms. The minimum atomic E-state index is -0.196. The highest BCUT2D eigenvalue weighted by Crippen LogP contribution is 2.31. The van der Waals surface area contributed by atoms with E-state index < -0.39 is 0 Å². The number of unbranched alkanes of at least 4 members (excludes halogenated alkanes) is 5. The summed E-state index contributed by atoms with van der Waals surface area (Å²) in [6.45, 7) is 2.24. The van der Waals surface area contributed by atoms with Gasteiger partial charge in [-0.1, -0.05) is 67.4 Å². The van der Waals surface area contributed by atoms with Crippen LogP contribution in [0, 0.1) is 5.82 Å². The molecule has 0 aliphatic heterocycles. The van der Waals surface area contributed by atoms with Gasteiger partial charge in [-0.05, 0) is 40.0 Å². The predicted octanol–water partition coefficient (Wildman–Crippen LogP) is 6.77. The summed E-state index contributed by atoms with van der Waals surface area (Å²) in [5.41, 5.74) is 1.15. The highest BCUT2D eigenvalue weighted by atomic mass is 79.9. The molecule has 0 heterocycles. The van der Waals surface area contributed by atoms with Gasteiger partial charge in [0.15, 0.2) is 0 Å². The molecule has 1 aromatic rings. The third kappa shape index (κ3) is 5.83. The Morgan fingerprint density at radius 1 is 1.11 bits per heavy atom. The Hall–Kier alpha value is 0.110. The van der Waals surface area contributed by atoms with E-state index in [4.69, 9.17) is 0 Å². The van der Waals surface area contributed by atoms with Crippen LogP contribution in [0.1, 0.15) is 62.3 Å². The van der Waals surface area contributed by atoms with Gasteiger partial charge in [-0.15, -0.1) is 0 Å². The van der Waals surface area contributed by atoms with Gasteiger partial charge in [0.1, 0.15) is 5.82 Å². The van der Waals surface area contributed by atoms with E-state index in [0.29, 0.717) is 9.30 Å². The van der Waals surface area contributed by atoms with Gasteiger partial charge in [0.25, 0.3) is 0 Å². The molecule has 18 heavy (non-hydrogen) atoms. The normalized spacial score (nSPS) is 12.7. The molecule has 0 fully saturated rings. The molecule has 1 unspecified atom stereocenters. The second-order valence-electron chi connectivity index (χ2n) is 4.70. The molecule has 0 nitrogen and oxygen atoms in total. The lowest BCUT2D eigenvalue weighted by molar-refractivity contribution is 0.587. The first-order valence-corrected chi connectivity index (χ1v) is 8.45. The van der Waals surface area contributed by atoms with Crippen molar-refractivity contribution in [2.45, 2.75) is 56.7 Å². The van der Waals surface area contributed by atoms with Gasteiger partial charge in [0.05, 0.1) is 4.47 Å². The highest BCUT2D eigenvalue weighted by Gasteiger charge is 2.09. The van der Waals surface area contributed by atoms with Crippen molar-refractivity contribution in [1.29, 1.82) is 0 Å². The van der Waals surface area contributed by atoms with Gasteiger partial charge >= 0.3 is 0 Å². The molecular weight excluding hydrogens is 359 g/mol. The molecule has 0 radical (unpaired) electrons. The number of halogens is 3. The van der Waals surface area contributed by atoms with Gasteiger partial charge in [0.2, 0.25) is 0 Å². The van der Waals surface area contributed by atoms with Crippen LogP contribution in [0.5, 0.6) is 0 Å². The zero-order valence-electron chi connectivity index (χ0n) is 10.9. The SMILES string of the molecule is CCCCCCCCC(Br)c1ccc(F)c(Br)c1. The smallest absolute Gasteiger partial charge is 0.137 e. The molecule has 0 saturated heterocycles. The molecule has 1 atom stereocenters. The quantitative estimate of drug-likeness (QED) is 0.345. The van der Waals surface area contributed by atoms with Crippen LogP contribution >= 0.6 is 31.9 Å². The summed E-state index contributed by atoms with van der Waals surface area (Å²) in [6.07, 6.45) is 8.98. The minimum Gasteiger partial charge on any atom is -0.206 e. The van der Waals surface area contributed by atoms with Crippen molar-refractivity contribution >= 4 is 31.9 Å².